The van der Waals surface area contributed by atoms with E-state index in [0.29, 0.717) is 5.69 Å². The molecule has 0 bridgehead atoms. The number of pyridine rings is 1. The Bertz CT molecular complexity index is 288. The zero-order chi connectivity index (χ0) is 8.97. The van der Waals surface area contributed by atoms with Crippen molar-refractivity contribution in [2.45, 2.75) is 6.92 Å². The van der Waals surface area contributed by atoms with Crippen molar-refractivity contribution >= 4 is 23.2 Å². The van der Waals surface area contributed by atoms with Gasteiger partial charge in [-0.25, -0.2) is 0 Å². The maximum absolute atomic E-state index is 10.8. The number of rotatable bonds is 2. The Hall–Kier alpha value is -1.09. The number of hydrogen-bond donors (Lipinski definition) is 1. The molecule has 0 aromatic carbocycles. The van der Waals surface area contributed by atoms with Crippen molar-refractivity contribution in [2.24, 2.45) is 0 Å². The van der Waals surface area contributed by atoms with Gasteiger partial charge in [0.1, 0.15) is 5.88 Å². The number of alkyl halides is 1. The Labute approximate surface area is 75.8 Å². The highest BCUT2D eigenvalue weighted by atomic mass is 35.5. The lowest BCUT2D eigenvalue weighted by Gasteiger charge is -2.01. The molecule has 12 heavy (non-hydrogen) atoms. The molecule has 0 saturated carbocycles. The van der Waals surface area contributed by atoms with E-state index in [1.807, 2.05) is 13.0 Å². The van der Waals surface area contributed by atoms with Crippen LogP contribution < -0.4 is 5.32 Å². The summed E-state index contributed by atoms with van der Waals surface area (Å²) >= 11 is 5.31. The number of carbonyl (C=O) groups excluding carboxylic acids is 1. The summed E-state index contributed by atoms with van der Waals surface area (Å²) in [5.41, 5.74) is 1.68. The van der Waals surface area contributed by atoms with E-state index >= 15 is 0 Å². The first-order chi connectivity index (χ1) is 5.72. The molecule has 1 heterocycles. The number of nitrogens with zero attached hydrogens (tertiary/aromatic N) is 1. The van der Waals surface area contributed by atoms with Crippen molar-refractivity contribution in [1.82, 2.24) is 4.98 Å². The average molecular weight is 185 g/mol. The van der Waals surface area contributed by atoms with E-state index < -0.39 is 0 Å². The minimum atomic E-state index is -0.218. The Morgan fingerprint density at radius 2 is 2.42 bits per heavy atom. The Morgan fingerprint density at radius 1 is 1.67 bits per heavy atom. The van der Waals surface area contributed by atoms with Crippen LogP contribution in [0.5, 0.6) is 0 Å². The molecule has 1 rings (SSSR count). The van der Waals surface area contributed by atoms with Crippen LogP contribution in [0.2, 0.25) is 0 Å². The fraction of sp³-hybridized carbons (Fsp3) is 0.250. The summed E-state index contributed by atoms with van der Waals surface area (Å²) in [6, 6.07) is 1.83. The van der Waals surface area contributed by atoms with Crippen molar-refractivity contribution in [3.63, 3.8) is 0 Å². The minimum absolute atomic E-state index is 0.0338. The molecule has 64 valence electrons. The second kappa shape index (κ2) is 4.07. The predicted octanol–water partition coefficient (Wildman–Crippen LogP) is 1.57. The Morgan fingerprint density at radius 3 is 3.00 bits per heavy atom. The quantitative estimate of drug-likeness (QED) is 0.709. The van der Waals surface area contributed by atoms with Crippen molar-refractivity contribution in [3.8, 4) is 0 Å². The molecule has 3 nitrogen and oxygen atoms in total. The highest BCUT2D eigenvalue weighted by Crippen LogP contribution is 2.06. The van der Waals surface area contributed by atoms with Gasteiger partial charge < -0.3 is 5.32 Å². The Kier molecular flexibility index (Phi) is 3.05. The molecule has 1 amide bonds. The van der Waals surface area contributed by atoms with Gasteiger partial charge in [-0.1, -0.05) is 0 Å². The number of hydrogen-bond acceptors (Lipinski definition) is 2. The standard InChI is InChI=1S/C8H9ClN2O/c1-6-2-7(5-10-4-6)11-8(12)3-9/h2,4-5H,3H2,1H3,(H,11,12). The van der Waals surface area contributed by atoms with E-state index in [1.54, 1.807) is 12.4 Å². The van der Waals surface area contributed by atoms with Gasteiger partial charge >= 0.3 is 0 Å². The second-order valence-electron chi connectivity index (χ2n) is 2.43. The normalized spacial score (nSPS) is 9.50. The number of anilines is 1. The molecule has 0 aliphatic heterocycles. The minimum Gasteiger partial charge on any atom is -0.324 e. The molecular weight excluding hydrogens is 176 g/mol. The zero-order valence-electron chi connectivity index (χ0n) is 6.67. The van der Waals surface area contributed by atoms with Crippen molar-refractivity contribution in [2.75, 3.05) is 11.2 Å². The highest BCUT2D eigenvalue weighted by molar-refractivity contribution is 6.29. The van der Waals surface area contributed by atoms with Gasteiger partial charge in [0.15, 0.2) is 0 Å². The molecule has 0 spiro atoms. The molecular formula is C8H9ClN2O. The zero-order valence-corrected chi connectivity index (χ0v) is 7.43. The lowest BCUT2D eigenvalue weighted by molar-refractivity contribution is -0.113. The second-order valence-corrected chi connectivity index (χ2v) is 2.70. The van der Waals surface area contributed by atoms with E-state index in [9.17, 15) is 4.79 Å². The van der Waals surface area contributed by atoms with Crippen molar-refractivity contribution in [3.05, 3.63) is 24.0 Å². The van der Waals surface area contributed by atoms with E-state index in [2.05, 4.69) is 10.3 Å². The van der Waals surface area contributed by atoms with E-state index in [-0.39, 0.29) is 11.8 Å². The summed E-state index contributed by atoms with van der Waals surface area (Å²) < 4.78 is 0. The molecule has 0 radical (unpaired) electrons. The maximum Gasteiger partial charge on any atom is 0.239 e. The van der Waals surface area contributed by atoms with Gasteiger partial charge in [-0.2, -0.15) is 0 Å². The highest BCUT2D eigenvalue weighted by Gasteiger charge is 1.99. The number of aryl methyl sites for hydroxylation is 1. The van der Waals surface area contributed by atoms with Crippen LogP contribution in [0.1, 0.15) is 5.56 Å². The topological polar surface area (TPSA) is 42.0 Å². The van der Waals surface area contributed by atoms with Crippen LogP contribution in [0.3, 0.4) is 0 Å². The summed E-state index contributed by atoms with van der Waals surface area (Å²) in [5.74, 6) is -0.252. The summed E-state index contributed by atoms with van der Waals surface area (Å²) in [7, 11) is 0. The van der Waals surface area contributed by atoms with Crippen LogP contribution in [0.15, 0.2) is 18.5 Å². The largest absolute Gasteiger partial charge is 0.324 e. The summed E-state index contributed by atoms with van der Waals surface area (Å²) in [5, 5.41) is 2.60. The third-order valence-electron chi connectivity index (χ3n) is 1.28. The number of halogens is 1. The Balaban J connectivity index is 2.69. The fourth-order valence-electron chi connectivity index (χ4n) is 0.818. The molecule has 0 aliphatic carbocycles. The first kappa shape index (κ1) is 9.00. The SMILES string of the molecule is Cc1cncc(NC(=O)CCl)c1. The fourth-order valence-corrected chi connectivity index (χ4v) is 0.885. The molecule has 0 atom stereocenters. The van der Waals surface area contributed by atoms with Crippen LogP contribution in [-0.4, -0.2) is 16.8 Å². The van der Waals surface area contributed by atoms with Crippen LogP contribution in [0, 0.1) is 6.92 Å². The molecule has 1 aromatic rings. The molecule has 1 aromatic heterocycles. The first-order valence-electron chi connectivity index (χ1n) is 3.50. The molecule has 0 aliphatic rings. The van der Waals surface area contributed by atoms with Gasteiger partial charge in [0, 0.05) is 6.20 Å². The predicted molar refractivity (Wildman–Crippen MR) is 48.3 cm³/mol. The molecule has 0 unspecified atom stereocenters. The lowest BCUT2D eigenvalue weighted by atomic mass is 10.3. The van der Waals surface area contributed by atoms with Gasteiger partial charge in [0.25, 0.3) is 0 Å². The van der Waals surface area contributed by atoms with Gasteiger partial charge in [-0.05, 0) is 18.6 Å². The summed E-state index contributed by atoms with van der Waals surface area (Å²) in [6.07, 6.45) is 3.30. The molecule has 1 N–H and O–H groups in total. The van der Waals surface area contributed by atoms with E-state index in [0.717, 1.165) is 5.56 Å². The summed E-state index contributed by atoms with van der Waals surface area (Å²) in [4.78, 5) is 14.7. The van der Waals surface area contributed by atoms with Gasteiger partial charge in [0.2, 0.25) is 5.91 Å². The van der Waals surface area contributed by atoms with Crippen LogP contribution >= 0.6 is 11.6 Å². The molecule has 0 saturated heterocycles. The average Bonchev–Trinajstić information content (AvgIpc) is 2.04. The smallest absolute Gasteiger partial charge is 0.239 e. The number of amides is 1. The van der Waals surface area contributed by atoms with Crippen LogP contribution in [0.4, 0.5) is 5.69 Å². The molecule has 0 fully saturated rings. The van der Waals surface area contributed by atoms with Crippen LogP contribution in [-0.2, 0) is 4.79 Å². The van der Waals surface area contributed by atoms with Crippen molar-refractivity contribution in [1.29, 1.82) is 0 Å². The molecule has 4 heteroatoms. The van der Waals surface area contributed by atoms with E-state index in [1.165, 1.54) is 0 Å². The van der Waals surface area contributed by atoms with Gasteiger partial charge in [-0.3, -0.25) is 9.78 Å². The summed E-state index contributed by atoms with van der Waals surface area (Å²) in [6.45, 7) is 1.91. The maximum atomic E-state index is 10.8. The number of aromatic nitrogens is 1. The van der Waals surface area contributed by atoms with Crippen LogP contribution in [0.25, 0.3) is 0 Å². The monoisotopic (exact) mass is 184 g/mol. The first-order valence-corrected chi connectivity index (χ1v) is 4.03. The van der Waals surface area contributed by atoms with E-state index in [4.69, 9.17) is 11.6 Å². The third kappa shape index (κ3) is 2.51. The number of carbonyl (C=O) groups is 1. The van der Waals surface area contributed by atoms with Crippen molar-refractivity contribution < 1.29 is 4.79 Å². The van der Waals surface area contributed by atoms with Gasteiger partial charge in [-0.15, -0.1) is 11.6 Å². The van der Waals surface area contributed by atoms with Gasteiger partial charge in [0.05, 0.1) is 11.9 Å². The number of nitrogens with one attached hydrogen (secondary N) is 1. The third-order valence-corrected chi connectivity index (χ3v) is 1.52. The lowest BCUT2D eigenvalue weighted by Crippen LogP contribution is -2.12.